The number of benzene rings is 1. The Morgan fingerprint density at radius 3 is 2.39 bits per heavy atom. The Morgan fingerprint density at radius 2 is 1.79 bits per heavy atom. The number of hydrogen-bond donors (Lipinski definition) is 0. The summed E-state index contributed by atoms with van der Waals surface area (Å²) in [6.07, 6.45) is 0. The zero-order valence-corrected chi connectivity index (χ0v) is 16.4. The van der Waals surface area contributed by atoms with Crippen LogP contribution in [0, 0.1) is 11.6 Å². The van der Waals surface area contributed by atoms with Crippen LogP contribution in [0.25, 0.3) is 0 Å². The van der Waals surface area contributed by atoms with Crippen LogP contribution in [0.3, 0.4) is 0 Å². The van der Waals surface area contributed by atoms with E-state index in [1.54, 1.807) is 0 Å². The van der Waals surface area contributed by atoms with Crippen molar-refractivity contribution in [3.63, 3.8) is 0 Å². The number of piperazine rings is 1. The summed E-state index contributed by atoms with van der Waals surface area (Å²) < 4.78 is 58.0. The molecule has 3 rings (SSSR count). The molecule has 0 atom stereocenters. The highest BCUT2D eigenvalue weighted by molar-refractivity contribution is 7.91. The molecular weight excluding hydrogens is 414 g/mol. The normalized spacial score (nSPS) is 15.5. The van der Waals surface area contributed by atoms with E-state index in [9.17, 15) is 26.8 Å². The highest BCUT2D eigenvalue weighted by atomic mass is 32.2. The van der Waals surface area contributed by atoms with Crippen LogP contribution in [0.1, 0.15) is 20.7 Å². The molecule has 0 spiro atoms. The van der Waals surface area contributed by atoms with E-state index < -0.39 is 33.5 Å². The maximum absolute atomic E-state index is 13.8. The van der Waals surface area contributed by atoms with E-state index >= 15 is 0 Å². The number of ether oxygens (including phenoxy) is 1. The minimum atomic E-state index is -3.83. The maximum atomic E-state index is 13.8. The van der Waals surface area contributed by atoms with Gasteiger partial charge in [-0.1, -0.05) is 0 Å². The molecule has 1 saturated heterocycles. The predicted octanol–water partition coefficient (Wildman–Crippen LogP) is 1.96. The van der Waals surface area contributed by atoms with Gasteiger partial charge in [0.05, 0.1) is 18.2 Å². The molecule has 11 heteroatoms. The topological polar surface area (TPSA) is 84.0 Å². The number of methoxy groups -OCH3 is 1. The minimum Gasteiger partial charge on any atom is -0.465 e. The van der Waals surface area contributed by atoms with Crippen LogP contribution in [0.15, 0.2) is 33.9 Å². The number of rotatable bonds is 4. The Labute approximate surface area is 164 Å². The van der Waals surface area contributed by atoms with E-state index in [2.05, 4.69) is 4.74 Å². The molecule has 1 aliphatic rings. The molecule has 150 valence electrons. The Hall–Kier alpha value is -2.37. The first-order chi connectivity index (χ1) is 13.2. The summed E-state index contributed by atoms with van der Waals surface area (Å²) in [5, 5.41) is 1.40. The number of nitrogens with zero attached hydrogens (tertiary/aromatic N) is 2. The highest BCUT2D eigenvalue weighted by Crippen LogP contribution is 2.25. The Bertz CT molecular complexity index is 1010. The molecule has 1 fully saturated rings. The second kappa shape index (κ2) is 7.94. The van der Waals surface area contributed by atoms with Crippen molar-refractivity contribution in [3.8, 4) is 0 Å². The van der Waals surface area contributed by atoms with Crippen LogP contribution in [0.4, 0.5) is 8.78 Å². The number of esters is 1. The van der Waals surface area contributed by atoms with E-state index in [-0.39, 0.29) is 41.5 Å². The van der Waals surface area contributed by atoms with Gasteiger partial charge in [-0.05, 0) is 18.2 Å². The van der Waals surface area contributed by atoms with Gasteiger partial charge in [0.2, 0.25) is 0 Å². The highest BCUT2D eigenvalue weighted by Gasteiger charge is 2.32. The summed E-state index contributed by atoms with van der Waals surface area (Å²) in [5.74, 6) is -3.01. The summed E-state index contributed by atoms with van der Waals surface area (Å²) >= 11 is 0.905. The molecule has 28 heavy (non-hydrogen) atoms. The molecule has 1 aromatic carbocycles. The van der Waals surface area contributed by atoms with Gasteiger partial charge in [-0.15, -0.1) is 11.3 Å². The third-order valence-corrected chi connectivity index (χ3v) is 7.59. The van der Waals surface area contributed by atoms with E-state index in [0.717, 1.165) is 23.5 Å². The van der Waals surface area contributed by atoms with Gasteiger partial charge < -0.3 is 9.64 Å². The molecule has 0 aliphatic carbocycles. The number of carbonyl (C=O) groups is 2. The molecule has 0 N–H and O–H groups in total. The first kappa shape index (κ1) is 20.4. The SMILES string of the molecule is COC(=O)c1csc(S(=O)(=O)N2CCN(C(=O)c3ccc(F)cc3F)CC2)c1. The first-order valence-corrected chi connectivity index (χ1v) is 10.5. The molecule has 0 saturated carbocycles. The number of halogens is 2. The molecule has 7 nitrogen and oxygen atoms in total. The molecule has 1 aromatic heterocycles. The van der Waals surface area contributed by atoms with Crippen molar-refractivity contribution in [3.05, 3.63) is 52.4 Å². The fourth-order valence-corrected chi connectivity index (χ4v) is 5.49. The summed E-state index contributed by atoms with van der Waals surface area (Å²) in [7, 11) is -2.63. The molecule has 1 amide bonds. The van der Waals surface area contributed by atoms with Gasteiger partial charge in [-0.3, -0.25) is 4.79 Å². The third kappa shape index (κ3) is 3.91. The molecule has 0 unspecified atom stereocenters. The lowest BCUT2D eigenvalue weighted by Gasteiger charge is -2.33. The van der Waals surface area contributed by atoms with Gasteiger partial charge in [0.1, 0.15) is 15.8 Å². The van der Waals surface area contributed by atoms with Crippen molar-refractivity contribution in [1.82, 2.24) is 9.21 Å². The number of sulfonamides is 1. The van der Waals surface area contributed by atoms with Crippen LogP contribution >= 0.6 is 11.3 Å². The lowest BCUT2D eigenvalue weighted by molar-refractivity contribution is 0.0600. The van der Waals surface area contributed by atoms with Gasteiger partial charge in [0.25, 0.3) is 15.9 Å². The molecular formula is C17H16F2N2O5S2. The zero-order valence-electron chi connectivity index (χ0n) is 14.7. The maximum Gasteiger partial charge on any atom is 0.338 e. The van der Waals surface area contributed by atoms with Crippen LogP contribution in [0.5, 0.6) is 0 Å². The largest absolute Gasteiger partial charge is 0.465 e. The number of hydrogen-bond acceptors (Lipinski definition) is 6. The van der Waals surface area contributed by atoms with Gasteiger partial charge in [0, 0.05) is 37.6 Å². The van der Waals surface area contributed by atoms with Crippen molar-refractivity contribution in [2.75, 3.05) is 33.3 Å². The van der Waals surface area contributed by atoms with Crippen molar-refractivity contribution in [2.45, 2.75) is 4.21 Å². The van der Waals surface area contributed by atoms with Gasteiger partial charge in [-0.25, -0.2) is 22.0 Å². The molecule has 0 bridgehead atoms. The molecule has 1 aliphatic heterocycles. The van der Waals surface area contributed by atoms with Crippen molar-refractivity contribution in [2.24, 2.45) is 0 Å². The second-order valence-corrected chi connectivity index (χ2v) is 9.04. The quantitative estimate of drug-likeness (QED) is 0.693. The number of carbonyl (C=O) groups excluding carboxylic acids is 2. The van der Waals surface area contributed by atoms with Crippen molar-refractivity contribution < 1.29 is 31.5 Å². The molecule has 2 heterocycles. The fourth-order valence-electron chi connectivity index (χ4n) is 2.77. The lowest BCUT2D eigenvalue weighted by Crippen LogP contribution is -2.50. The monoisotopic (exact) mass is 430 g/mol. The Kier molecular flexibility index (Phi) is 5.77. The zero-order chi connectivity index (χ0) is 20.5. The lowest BCUT2D eigenvalue weighted by atomic mass is 10.1. The van der Waals surface area contributed by atoms with Crippen LogP contribution < -0.4 is 0 Å². The van der Waals surface area contributed by atoms with Crippen molar-refractivity contribution in [1.29, 1.82) is 0 Å². The Morgan fingerprint density at radius 1 is 1.11 bits per heavy atom. The van der Waals surface area contributed by atoms with Gasteiger partial charge >= 0.3 is 5.97 Å². The summed E-state index contributed by atoms with van der Waals surface area (Å²) in [6.45, 7) is 0.152. The standard InChI is InChI=1S/C17H16F2N2O5S2/c1-26-17(23)11-8-15(27-10-11)28(24,25)21-6-4-20(5-7-21)16(22)13-3-2-12(18)9-14(13)19/h2-3,8-10H,4-7H2,1H3. The van der Waals surface area contributed by atoms with E-state index in [1.165, 1.54) is 27.8 Å². The van der Waals surface area contributed by atoms with Crippen LogP contribution in [0.2, 0.25) is 0 Å². The fraction of sp³-hybridized carbons (Fsp3) is 0.294. The summed E-state index contributed by atoms with van der Waals surface area (Å²) in [5.41, 5.74) is -0.120. The minimum absolute atomic E-state index is 0.00254. The number of thiophene rings is 1. The average molecular weight is 430 g/mol. The van der Waals surface area contributed by atoms with Crippen LogP contribution in [-0.4, -0.2) is 62.8 Å². The van der Waals surface area contributed by atoms with Crippen molar-refractivity contribution >= 4 is 33.2 Å². The van der Waals surface area contributed by atoms with Crippen LogP contribution in [-0.2, 0) is 14.8 Å². The second-order valence-electron chi connectivity index (χ2n) is 5.97. The first-order valence-electron chi connectivity index (χ1n) is 8.15. The van der Waals surface area contributed by atoms with E-state index in [4.69, 9.17) is 0 Å². The Balaban J connectivity index is 1.69. The summed E-state index contributed by atoms with van der Waals surface area (Å²) in [4.78, 5) is 25.2. The molecule has 2 aromatic rings. The smallest absolute Gasteiger partial charge is 0.338 e. The molecule has 0 radical (unpaired) electrons. The van der Waals surface area contributed by atoms with Gasteiger partial charge in [0.15, 0.2) is 0 Å². The van der Waals surface area contributed by atoms with E-state index in [1.807, 2.05) is 0 Å². The van der Waals surface area contributed by atoms with Gasteiger partial charge in [-0.2, -0.15) is 4.31 Å². The predicted molar refractivity (Wildman–Crippen MR) is 96.7 cm³/mol. The van der Waals surface area contributed by atoms with E-state index in [0.29, 0.717) is 6.07 Å². The summed E-state index contributed by atoms with van der Waals surface area (Å²) in [6, 6.07) is 3.93. The number of amides is 1. The average Bonchev–Trinajstić information content (AvgIpc) is 3.18. The third-order valence-electron chi connectivity index (χ3n) is 4.28.